The Morgan fingerprint density at radius 2 is 2.12 bits per heavy atom. The minimum absolute atomic E-state index is 0.548. The molecular formula is C11H13ClN4. The Morgan fingerprint density at radius 1 is 1.38 bits per heavy atom. The molecule has 4 nitrogen and oxygen atoms in total. The second-order valence-electron chi connectivity index (χ2n) is 3.49. The first-order chi connectivity index (χ1) is 7.72. The number of benzene rings is 1. The summed E-state index contributed by atoms with van der Waals surface area (Å²) in [6.07, 6.45) is 0.679. The number of rotatable bonds is 3. The molecule has 1 aromatic carbocycles. The molecule has 0 bridgehead atoms. The zero-order valence-corrected chi connectivity index (χ0v) is 9.78. The maximum absolute atomic E-state index is 6.11. The van der Waals surface area contributed by atoms with Gasteiger partial charge in [0.2, 0.25) is 0 Å². The molecule has 5 heteroatoms. The highest BCUT2D eigenvalue weighted by Gasteiger charge is 2.11. The van der Waals surface area contributed by atoms with Gasteiger partial charge in [-0.3, -0.25) is 0 Å². The van der Waals surface area contributed by atoms with Crippen molar-refractivity contribution in [1.29, 1.82) is 0 Å². The van der Waals surface area contributed by atoms with Crippen molar-refractivity contribution in [1.82, 2.24) is 14.8 Å². The fourth-order valence-corrected chi connectivity index (χ4v) is 1.77. The summed E-state index contributed by atoms with van der Waals surface area (Å²) in [5.41, 5.74) is 6.36. The standard InChI is InChI=1S/C11H13ClN4/c1-16-11(14-10(15-16)6-7-13)8-4-2-3-5-9(8)12/h2-5H,6-7,13H2,1H3. The minimum Gasteiger partial charge on any atom is -0.330 e. The van der Waals surface area contributed by atoms with Gasteiger partial charge in [0.05, 0.1) is 5.02 Å². The van der Waals surface area contributed by atoms with Gasteiger partial charge >= 0.3 is 0 Å². The van der Waals surface area contributed by atoms with Crippen LogP contribution >= 0.6 is 11.6 Å². The fraction of sp³-hybridized carbons (Fsp3) is 0.273. The van der Waals surface area contributed by atoms with Crippen LogP contribution in [-0.2, 0) is 13.5 Å². The molecule has 84 valence electrons. The third-order valence-corrected chi connectivity index (χ3v) is 2.62. The SMILES string of the molecule is Cn1nc(CCN)nc1-c1ccccc1Cl. The number of nitrogens with zero attached hydrogens (tertiary/aromatic N) is 3. The molecule has 0 unspecified atom stereocenters. The van der Waals surface area contributed by atoms with Crippen LogP contribution in [0.4, 0.5) is 0 Å². The van der Waals surface area contributed by atoms with Gasteiger partial charge in [0.15, 0.2) is 11.6 Å². The van der Waals surface area contributed by atoms with E-state index in [9.17, 15) is 0 Å². The van der Waals surface area contributed by atoms with Crippen LogP contribution in [0.1, 0.15) is 5.82 Å². The molecule has 0 spiro atoms. The van der Waals surface area contributed by atoms with Gasteiger partial charge in [-0.1, -0.05) is 23.7 Å². The van der Waals surface area contributed by atoms with Crippen LogP contribution in [0.25, 0.3) is 11.4 Å². The maximum Gasteiger partial charge on any atom is 0.159 e. The van der Waals surface area contributed by atoms with E-state index < -0.39 is 0 Å². The molecule has 1 heterocycles. The number of aryl methyl sites for hydroxylation is 1. The molecule has 0 amide bonds. The summed E-state index contributed by atoms with van der Waals surface area (Å²) in [4.78, 5) is 4.42. The zero-order valence-electron chi connectivity index (χ0n) is 9.02. The van der Waals surface area contributed by atoms with Crippen LogP contribution in [0.15, 0.2) is 24.3 Å². The summed E-state index contributed by atoms with van der Waals surface area (Å²) >= 11 is 6.11. The van der Waals surface area contributed by atoms with E-state index in [1.807, 2.05) is 31.3 Å². The van der Waals surface area contributed by atoms with E-state index in [1.165, 1.54) is 0 Å². The van der Waals surface area contributed by atoms with Gasteiger partial charge in [-0.15, -0.1) is 0 Å². The molecule has 0 saturated carbocycles. The van der Waals surface area contributed by atoms with Crippen molar-refractivity contribution in [3.05, 3.63) is 35.1 Å². The molecule has 0 aliphatic carbocycles. The van der Waals surface area contributed by atoms with Gasteiger partial charge in [0.25, 0.3) is 0 Å². The van der Waals surface area contributed by atoms with E-state index in [-0.39, 0.29) is 0 Å². The monoisotopic (exact) mass is 236 g/mol. The highest BCUT2D eigenvalue weighted by atomic mass is 35.5. The highest BCUT2D eigenvalue weighted by molar-refractivity contribution is 6.33. The predicted molar refractivity (Wildman–Crippen MR) is 64.2 cm³/mol. The average Bonchev–Trinajstić information content (AvgIpc) is 2.61. The van der Waals surface area contributed by atoms with E-state index in [4.69, 9.17) is 17.3 Å². The molecular weight excluding hydrogens is 224 g/mol. The van der Waals surface area contributed by atoms with Gasteiger partial charge in [-0.25, -0.2) is 9.67 Å². The van der Waals surface area contributed by atoms with Gasteiger partial charge in [0.1, 0.15) is 0 Å². The van der Waals surface area contributed by atoms with E-state index in [0.717, 1.165) is 17.2 Å². The Morgan fingerprint density at radius 3 is 2.81 bits per heavy atom. The summed E-state index contributed by atoms with van der Waals surface area (Å²) in [6, 6.07) is 7.59. The van der Waals surface area contributed by atoms with E-state index >= 15 is 0 Å². The highest BCUT2D eigenvalue weighted by Crippen LogP contribution is 2.25. The third kappa shape index (κ3) is 2.08. The largest absolute Gasteiger partial charge is 0.330 e. The van der Waals surface area contributed by atoms with Crippen LogP contribution in [0, 0.1) is 0 Å². The van der Waals surface area contributed by atoms with Crippen molar-refractivity contribution in [2.45, 2.75) is 6.42 Å². The third-order valence-electron chi connectivity index (χ3n) is 2.29. The van der Waals surface area contributed by atoms with Crippen molar-refractivity contribution in [2.24, 2.45) is 12.8 Å². The van der Waals surface area contributed by atoms with Crippen LogP contribution in [0.5, 0.6) is 0 Å². The second-order valence-corrected chi connectivity index (χ2v) is 3.90. The molecule has 1 aromatic heterocycles. The molecule has 2 aromatic rings. The Labute approximate surface area is 99.1 Å². The van der Waals surface area contributed by atoms with Crippen LogP contribution in [0.2, 0.25) is 5.02 Å². The van der Waals surface area contributed by atoms with Crippen molar-refractivity contribution in [3.63, 3.8) is 0 Å². The van der Waals surface area contributed by atoms with Crippen molar-refractivity contribution in [2.75, 3.05) is 6.54 Å². The molecule has 0 atom stereocenters. The summed E-state index contributed by atoms with van der Waals surface area (Å²) in [7, 11) is 1.85. The first kappa shape index (κ1) is 11.1. The first-order valence-corrected chi connectivity index (χ1v) is 5.45. The van der Waals surface area contributed by atoms with Crippen molar-refractivity contribution in [3.8, 4) is 11.4 Å². The average molecular weight is 237 g/mol. The molecule has 0 saturated heterocycles. The number of hydrogen-bond acceptors (Lipinski definition) is 3. The summed E-state index contributed by atoms with van der Waals surface area (Å²) in [5, 5.41) is 4.96. The molecule has 0 aliphatic rings. The van der Waals surface area contributed by atoms with Crippen molar-refractivity contribution >= 4 is 11.6 Å². The molecule has 0 radical (unpaired) electrons. The van der Waals surface area contributed by atoms with Gasteiger partial charge < -0.3 is 5.73 Å². The van der Waals surface area contributed by atoms with Crippen LogP contribution < -0.4 is 5.73 Å². The van der Waals surface area contributed by atoms with E-state index in [1.54, 1.807) is 4.68 Å². The Kier molecular flexibility index (Phi) is 3.22. The maximum atomic E-state index is 6.11. The molecule has 2 rings (SSSR count). The van der Waals surface area contributed by atoms with E-state index in [2.05, 4.69) is 10.1 Å². The van der Waals surface area contributed by atoms with Crippen molar-refractivity contribution < 1.29 is 0 Å². The second kappa shape index (κ2) is 4.63. The lowest BCUT2D eigenvalue weighted by Gasteiger charge is -2.01. The number of hydrogen-bond donors (Lipinski definition) is 1. The van der Waals surface area contributed by atoms with Gasteiger partial charge in [0, 0.05) is 19.0 Å². The molecule has 0 fully saturated rings. The quantitative estimate of drug-likeness (QED) is 0.882. The zero-order chi connectivity index (χ0) is 11.5. The fourth-order valence-electron chi connectivity index (χ4n) is 1.55. The lowest BCUT2D eigenvalue weighted by Crippen LogP contribution is -2.04. The molecule has 16 heavy (non-hydrogen) atoms. The lowest BCUT2D eigenvalue weighted by molar-refractivity contribution is 0.744. The summed E-state index contributed by atoms with van der Waals surface area (Å²) < 4.78 is 1.73. The number of aromatic nitrogens is 3. The smallest absolute Gasteiger partial charge is 0.159 e. The minimum atomic E-state index is 0.548. The Balaban J connectivity index is 2.44. The normalized spacial score (nSPS) is 10.7. The topological polar surface area (TPSA) is 56.7 Å². The van der Waals surface area contributed by atoms with Gasteiger partial charge in [-0.2, -0.15) is 5.10 Å². The predicted octanol–water partition coefficient (Wildman–Crippen LogP) is 1.64. The number of halogens is 1. The summed E-state index contributed by atoms with van der Waals surface area (Å²) in [5.74, 6) is 1.52. The first-order valence-electron chi connectivity index (χ1n) is 5.07. The molecule has 2 N–H and O–H groups in total. The lowest BCUT2D eigenvalue weighted by atomic mass is 10.2. The Bertz CT molecular complexity index is 492. The molecule has 0 aliphatic heterocycles. The van der Waals surface area contributed by atoms with Crippen LogP contribution in [0.3, 0.4) is 0 Å². The van der Waals surface area contributed by atoms with Gasteiger partial charge in [-0.05, 0) is 18.7 Å². The summed E-state index contributed by atoms with van der Waals surface area (Å²) in [6.45, 7) is 0.548. The number of nitrogens with two attached hydrogens (primary N) is 1. The van der Waals surface area contributed by atoms with Crippen LogP contribution in [-0.4, -0.2) is 21.3 Å². The Hall–Kier alpha value is -1.39. The van der Waals surface area contributed by atoms with E-state index in [0.29, 0.717) is 18.0 Å².